The summed E-state index contributed by atoms with van der Waals surface area (Å²) in [6, 6.07) is 0. The van der Waals surface area contributed by atoms with Gasteiger partial charge in [-0.15, -0.1) is 0 Å². The van der Waals surface area contributed by atoms with Crippen LogP contribution in [0.4, 0.5) is 0 Å². The van der Waals surface area contributed by atoms with Crippen molar-refractivity contribution < 1.29 is 38.1 Å². The first-order valence-electron chi connectivity index (χ1n) is 12.6. The van der Waals surface area contributed by atoms with Crippen molar-refractivity contribution in [2.75, 3.05) is 7.11 Å². The molecule has 0 aromatic rings. The molecular weight excluding hydrogens is 452 g/mol. The number of rotatable bonds is 4. The number of fused-ring (bicyclic) bond motifs is 3. The minimum absolute atomic E-state index is 0.0414. The molecular formula is C27H38O8. The van der Waals surface area contributed by atoms with Gasteiger partial charge in [0.2, 0.25) is 0 Å². The summed E-state index contributed by atoms with van der Waals surface area (Å²) in [6.45, 7) is 12.4. The number of hydrogen-bond acceptors (Lipinski definition) is 8. The quantitative estimate of drug-likeness (QED) is 0.333. The van der Waals surface area contributed by atoms with E-state index in [0.29, 0.717) is 12.8 Å². The number of carbonyl (C=O) groups excluding carboxylic acids is 4. The van der Waals surface area contributed by atoms with E-state index in [1.54, 1.807) is 0 Å². The van der Waals surface area contributed by atoms with Crippen LogP contribution < -0.4 is 0 Å². The summed E-state index contributed by atoms with van der Waals surface area (Å²) in [5, 5.41) is 0. The zero-order chi connectivity index (χ0) is 25.9. The summed E-state index contributed by atoms with van der Waals surface area (Å²) >= 11 is 0. The maximum absolute atomic E-state index is 13.3. The first kappa shape index (κ1) is 25.7. The van der Waals surface area contributed by atoms with Crippen LogP contribution in [0, 0.1) is 34.0 Å². The molecule has 0 N–H and O–H groups in total. The molecule has 4 saturated carbocycles. The predicted octanol–water partition coefficient (Wildman–Crippen LogP) is 3.75. The Morgan fingerprint density at radius 3 is 2.06 bits per heavy atom. The summed E-state index contributed by atoms with van der Waals surface area (Å²) in [4.78, 5) is 50.5. The summed E-state index contributed by atoms with van der Waals surface area (Å²) in [5.74, 6) is -2.33. The second-order valence-electron chi connectivity index (χ2n) is 11.6. The maximum atomic E-state index is 13.3. The smallest absolute Gasteiger partial charge is 0.311 e. The predicted molar refractivity (Wildman–Crippen MR) is 125 cm³/mol. The van der Waals surface area contributed by atoms with Crippen LogP contribution in [0.5, 0.6) is 0 Å². The Labute approximate surface area is 207 Å². The standard InChI is InChI=1S/C27H38O8/c1-14-13-27-19(10-9-18(14)22(27)34-16(3)29)25(5)11-8-12-26(6,24(31)32-7)21(25)20(33-15(2)28)23(27)35-17(4)30/h18-23H,1,8-13H2,2-7H3/t18-,19+,20+,21+,22?,23+,25+,26-,27-/m1/s1. The van der Waals surface area contributed by atoms with Gasteiger partial charge in [0.1, 0.15) is 18.3 Å². The average molecular weight is 491 g/mol. The minimum atomic E-state index is -0.939. The Morgan fingerprint density at radius 2 is 1.49 bits per heavy atom. The molecule has 0 amide bonds. The van der Waals surface area contributed by atoms with Crippen molar-refractivity contribution in [1.29, 1.82) is 0 Å². The van der Waals surface area contributed by atoms with Crippen molar-refractivity contribution in [3.8, 4) is 0 Å². The third kappa shape index (κ3) is 3.61. The van der Waals surface area contributed by atoms with Gasteiger partial charge in [-0.3, -0.25) is 19.2 Å². The number of ether oxygens (including phenoxy) is 4. The van der Waals surface area contributed by atoms with Crippen LogP contribution in [-0.2, 0) is 38.1 Å². The second-order valence-corrected chi connectivity index (χ2v) is 11.6. The highest BCUT2D eigenvalue weighted by molar-refractivity contribution is 5.77. The fourth-order valence-corrected chi connectivity index (χ4v) is 8.90. The molecule has 0 aromatic carbocycles. The van der Waals surface area contributed by atoms with E-state index in [-0.39, 0.29) is 17.8 Å². The van der Waals surface area contributed by atoms with Crippen molar-refractivity contribution in [1.82, 2.24) is 0 Å². The summed E-state index contributed by atoms with van der Waals surface area (Å²) in [5.41, 5.74) is -1.22. The van der Waals surface area contributed by atoms with E-state index in [9.17, 15) is 19.2 Å². The summed E-state index contributed by atoms with van der Waals surface area (Å²) in [7, 11) is 1.37. The van der Waals surface area contributed by atoms with Gasteiger partial charge in [0.25, 0.3) is 0 Å². The fourth-order valence-electron chi connectivity index (χ4n) is 8.90. The maximum Gasteiger partial charge on any atom is 0.311 e. The first-order chi connectivity index (χ1) is 16.3. The van der Waals surface area contributed by atoms with Crippen molar-refractivity contribution in [3.05, 3.63) is 12.2 Å². The molecule has 1 spiro atoms. The van der Waals surface area contributed by atoms with Crippen LogP contribution in [0.2, 0.25) is 0 Å². The highest BCUT2D eigenvalue weighted by Crippen LogP contribution is 2.73. The van der Waals surface area contributed by atoms with Crippen LogP contribution >= 0.6 is 0 Å². The molecule has 194 valence electrons. The van der Waals surface area contributed by atoms with E-state index in [2.05, 4.69) is 13.5 Å². The molecule has 9 atom stereocenters. The Kier molecular flexibility index (Phi) is 6.34. The number of esters is 4. The molecule has 4 aliphatic rings. The van der Waals surface area contributed by atoms with Gasteiger partial charge in [0.05, 0.1) is 17.9 Å². The van der Waals surface area contributed by atoms with E-state index < -0.39 is 58.4 Å². The second kappa shape index (κ2) is 8.63. The van der Waals surface area contributed by atoms with Crippen molar-refractivity contribution >= 4 is 23.9 Å². The van der Waals surface area contributed by atoms with Crippen LogP contribution in [0.15, 0.2) is 12.2 Å². The lowest BCUT2D eigenvalue weighted by Crippen LogP contribution is -2.73. The van der Waals surface area contributed by atoms with Crippen molar-refractivity contribution in [2.24, 2.45) is 34.0 Å². The molecule has 0 saturated heterocycles. The number of methoxy groups -OCH3 is 1. The van der Waals surface area contributed by atoms with Gasteiger partial charge < -0.3 is 18.9 Å². The van der Waals surface area contributed by atoms with E-state index in [0.717, 1.165) is 31.3 Å². The molecule has 8 nitrogen and oxygen atoms in total. The SMILES string of the molecule is C=C1C[C@]23C(OC(C)=O)[C@@H]1CC[C@H]2[C@]1(C)CCC[C@@](C)(C(=O)OC)[C@H]1[C@H](OC(C)=O)[C@@H]3OC(C)=O. The molecule has 8 heteroatoms. The highest BCUT2D eigenvalue weighted by Gasteiger charge is 2.77. The normalized spacial score (nSPS) is 43.9. The largest absolute Gasteiger partial charge is 0.469 e. The molecule has 0 aromatic heterocycles. The van der Waals surface area contributed by atoms with E-state index in [4.69, 9.17) is 18.9 Å². The number of hydrogen-bond donors (Lipinski definition) is 0. The Balaban J connectivity index is 1.99. The topological polar surface area (TPSA) is 105 Å². The average Bonchev–Trinajstić information content (AvgIpc) is 2.90. The lowest BCUT2D eigenvalue weighted by molar-refractivity contribution is -0.286. The Morgan fingerprint density at radius 1 is 0.886 bits per heavy atom. The van der Waals surface area contributed by atoms with Gasteiger partial charge >= 0.3 is 23.9 Å². The summed E-state index contributed by atoms with van der Waals surface area (Å²) in [6.07, 6.45) is 1.98. The third-order valence-electron chi connectivity index (χ3n) is 9.67. The Hall–Kier alpha value is -2.38. The third-order valence-corrected chi connectivity index (χ3v) is 9.67. The zero-order valence-electron chi connectivity index (χ0n) is 21.7. The molecule has 0 radical (unpaired) electrons. The molecule has 4 fully saturated rings. The van der Waals surface area contributed by atoms with Gasteiger partial charge in [-0.05, 0) is 50.4 Å². The first-order valence-corrected chi connectivity index (χ1v) is 12.6. The molecule has 2 bridgehead atoms. The highest BCUT2D eigenvalue weighted by atomic mass is 16.6. The van der Waals surface area contributed by atoms with Crippen LogP contribution in [-0.4, -0.2) is 49.3 Å². The van der Waals surface area contributed by atoms with Crippen molar-refractivity contribution in [2.45, 2.75) is 91.5 Å². The lowest BCUT2D eigenvalue weighted by atomic mass is 9.38. The lowest BCUT2D eigenvalue weighted by Gasteiger charge is -2.67. The van der Waals surface area contributed by atoms with Crippen LogP contribution in [0.3, 0.4) is 0 Å². The number of carbonyl (C=O) groups is 4. The van der Waals surface area contributed by atoms with Gasteiger partial charge in [-0.2, -0.15) is 0 Å². The van der Waals surface area contributed by atoms with Crippen LogP contribution in [0.1, 0.15) is 73.1 Å². The minimum Gasteiger partial charge on any atom is -0.469 e. The monoisotopic (exact) mass is 490 g/mol. The van der Waals surface area contributed by atoms with E-state index >= 15 is 0 Å². The molecule has 4 aliphatic carbocycles. The van der Waals surface area contributed by atoms with Gasteiger partial charge in [0.15, 0.2) is 0 Å². The van der Waals surface area contributed by atoms with Crippen molar-refractivity contribution in [3.63, 3.8) is 0 Å². The van der Waals surface area contributed by atoms with Gasteiger partial charge in [-0.25, -0.2) is 0 Å². The fraction of sp³-hybridized carbons (Fsp3) is 0.778. The Bertz CT molecular complexity index is 957. The van der Waals surface area contributed by atoms with E-state index in [1.165, 1.54) is 27.9 Å². The molecule has 1 unspecified atom stereocenters. The van der Waals surface area contributed by atoms with Gasteiger partial charge in [0, 0.05) is 32.6 Å². The summed E-state index contributed by atoms with van der Waals surface area (Å²) < 4.78 is 23.3. The molecule has 0 heterocycles. The zero-order valence-corrected chi connectivity index (χ0v) is 21.7. The molecule has 35 heavy (non-hydrogen) atoms. The van der Waals surface area contributed by atoms with E-state index in [1.807, 2.05) is 6.92 Å². The molecule has 0 aliphatic heterocycles. The molecule has 4 rings (SSSR count). The van der Waals surface area contributed by atoms with Gasteiger partial charge in [-0.1, -0.05) is 25.5 Å². The van der Waals surface area contributed by atoms with Crippen LogP contribution in [0.25, 0.3) is 0 Å².